The van der Waals surface area contributed by atoms with Gasteiger partial charge in [0.25, 0.3) is 0 Å². The zero-order valence-electron chi connectivity index (χ0n) is 13.8. The molecule has 1 aromatic carbocycles. The van der Waals surface area contributed by atoms with Crippen LogP contribution in [0.25, 0.3) is 0 Å². The summed E-state index contributed by atoms with van der Waals surface area (Å²) in [4.78, 5) is 24.0. The molecule has 7 nitrogen and oxygen atoms in total. The van der Waals surface area contributed by atoms with E-state index in [1.807, 2.05) is 0 Å². The van der Waals surface area contributed by atoms with Crippen molar-refractivity contribution in [2.75, 3.05) is 12.4 Å². The first-order valence-electron chi connectivity index (χ1n) is 8.13. The Morgan fingerprint density at radius 1 is 1.46 bits per heavy atom. The van der Waals surface area contributed by atoms with Gasteiger partial charge in [0.05, 0.1) is 18.4 Å². The highest BCUT2D eigenvalue weighted by Crippen LogP contribution is 2.21. The van der Waals surface area contributed by atoms with Crippen molar-refractivity contribution < 1.29 is 9.53 Å². The molecular weight excluding hydrogens is 399 g/mol. The number of thioether (sulfide) groups is 1. The van der Waals surface area contributed by atoms with E-state index in [2.05, 4.69) is 15.5 Å². The van der Waals surface area contributed by atoms with Crippen LogP contribution in [-0.4, -0.2) is 39.1 Å². The van der Waals surface area contributed by atoms with E-state index in [0.717, 1.165) is 25.0 Å². The summed E-state index contributed by atoms with van der Waals surface area (Å²) in [5.41, 5.74) is 0.487. The predicted octanol–water partition coefficient (Wildman–Crippen LogP) is 2.47. The molecule has 10 heteroatoms. The Bertz CT molecular complexity index is 833. The summed E-state index contributed by atoms with van der Waals surface area (Å²) >= 11 is 13.1. The molecule has 1 saturated heterocycles. The zero-order valence-corrected chi connectivity index (χ0v) is 16.2. The summed E-state index contributed by atoms with van der Waals surface area (Å²) in [7, 11) is 0. The summed E-state index contributed by atoms with van der Waals surface area (Å²) in [6.45, 7) is 1.47. The lowest BCUT2D eigenvalue weighted by molar-refractivity contribution is -0.118. The molecule has 1 amide bonds. The molecule has 3 rings (SSSR count). The van der Waals surface area contributed by atoms with Crippen LogP contribution < -0.4 is 11.0 Å². The van der Waals surface area contributed by atoms with Crippen molar-refractivity contribution in [1.82, 2.24) is 20.1 Å². The van der Waals surface area contributed by atoms with E-state index in [9.17, 15) is 9.59 Å². The molecule has 1 aliphatic heterocycles. The van der Waals surface area contributed by atoms with Gasteiger partial charge >= 0.3 is 5.69 Å². The number of aromatic amines is 1. The van der Waals surface area contributed by atoms with Crippen LogP contribution in [0.5, 0.6) is 0 Å². The number of ether oxygens (including phenoxy) is 1. The van der Waals surface area contributed by atoms with Crippen molar-refractivity contribution in [3.8, 4) is 0 Å². The fourth-order valence-corrected chi connectivity index (χ4v) is 3.87. The number of halogens is 2. The van der Waals surface area contributed by atoms with Gasteiger partial charge in [-0.05, 0) is 30.5 Å². The minimum Gasteiger partial charge on any atom is -0.376 e. The lowest BCUT2D eigenvalue weighted by atomic mass is 10.2. The van der Waals surface area contributed by atoms with E-state index in [-0.39, 0.29) is 23.5 Å². The average molecular weight is 417 g/mol. The number of nitrogens with one attached hydrogen (secondary N) is 2. The number of hydrogen-bond acceptors (Lipinski definition) is 5. The minimum atomic E-state index is -0.295. The van der Waals surface area contributed by atoms with Crippen LogP contribution in [0.4, 0.5) is 0 Å². The molecule has 140 valence electrons. The van der Waals surface area contributed by atoms with Crippen LogP contribution in [0.3, 0.4) is 0 Å². The van der Waals surface area contributed by atoms with Gasteiger partial charge in [0.15, 0.2) is 5.16 Å². The van der Waals surface area contributed by atoms with E-state index in [1.165, 1.54) is 16.3 Å². The molecule has 0 radical (unpaired) electrons. The van der Waals surface area contributed by atoms with Gasteiger partial charge in [0.1, 0.15) is 0 Å². The second kappa shape index (κ2) is 8.94. The number of amides is 1. The fraction of sp³-hybridized carbons (Fsp3) is 0.438. The van der Waals surface area contributed by atoms with Gasteiger partial charge in [-0.15, -0.1) is 5.10 Å². The number of aromatic nitrogens is 3. The number of rotatable bonds is 7. The van der Waals surface area contributed by atoms with Crippen LogP contribution in [0, 0.1) is 0 Å². The highest BCUT2D eigenvalue weighted by atomic mass is 35.5. The molecule has 0 unspecified atom stereocenters. The SMILES string of the molecule is O=C(CSc1n[nH]c(=O)n1C[C@@H]1CCCO1)NCc1ccc(Cl)cc1Cl. The van der Waals surface area contributed by atoms with Crippen LogP contribution in [0.2, 0.25) is 10.0 Å². The molecule has 0 bridgehead atoms. The summed E-state index contributed by atoms with van der Waals surface area (Å²) < 4.78 is 7.08. The van der Waals surface area contributed by atoms with E-state index in [0.29, 0.717) is 28.3 Å². The van der Waals surface area contributed by atoms with Gasteiger partial charge in [0, 0.05) is 23.2 Å². The van der Waals surface area contributed by atoms with Crippen molar-refractivity contribution in [3.05, 3.63) is 44.3 Å². The first-order valence-corrected chi connectivity index (χ1v) is 9.87. The Morgan fingerprint density at radius 2 is 2.31 bits per heavy atom. The summed E-state index contributed by atoms with van der Waals surface area (Å²) in [6.07, 6.45) is 1.94. The fourth-order valence-electron chi connectivity index (χ4n) is 2.61. The molecule has 0 aliphatic carbocycles. The number of benzene rings is 1. The summed E-state index contributed by atoms with van der Waals surface area (Å²) in [5, 5.41) is 10.7. The molecule has 0 spiro atoms. The molecule has 1 aromatic heterocycles. The quantitative estimate of drug-likeness (QED) is 0.676. The highest BCUT2D eigenvalue weighted by molar-refractivity contribution is 7.99. The topological polar surface area (TPSA) is 89.0 Å². The van der Waals surface area contributed by atoms with Gasteiger partial charge in [-0.1, -0.05) is 41.0 Å². The normalized spacial score (nSPS) is 16.8. The smallest absolute Gasteiger partial charge is 0.344 e. The number of carbonyl (C=O) groups excluding carboxylic acids is 1. The van der Waals surface area contributed by atoms with Crippen molar-refractivity contribution in [2.24, 2.45) is 0 Å². The van der Waals surface area contributed by atoms with Crippen LogP contribution in [0.1, 0.15) is 18.4 Å². The first kappa shape index (κ1) is 19.3. The van der Waals surface area contributed by atoms with Crippen molar-refractivity contribution in [2.45, 2.75) is 37.2 Å². The monoisotopic (exact) mass is 416 g/mol. The summed E-state index contributed by atoms with van der Waals surface area (Å²) in [6, 6.07) is 5.12. The van der Waals surface area contributed by atoms with Crippen LogP contribution in [0.15, 0.2) is 28.2 Å². The maximum Gasteiger partial charge on any atom is 0.344 e. The van der Waals surface area contributed by atoms with Crippen molar-refractivity contribution in [1.29, 1.82) is 0 Å². The van der Waals surface area contributed by atoms with E-state index in [4.69, 9.17) is 27.9 Å². The molecule has 1 aliphatic rings. The molecular formula is C16H18Cl2N4O3S. The van der Waals surface area contributed by atoms with Gasteiger partial charge in [-0.2, -0.15) is 0 Å². The van der Waals surface area contributed by atoms with Crippen molar-refractivity contribution in [3.63, 3.8) is 0 Å². The lowest BCUT2D eigenvalue weighted by Gasteiger charge is -2.11. The molecule has 2 N–H and O–H groups in total. The number of carbonyl (C=O) groups is 1. The molecule has 26 heavy (non-hydrogen) atoms. The first-order chi connectivity index (χ1) is 12.5. The zero-order chi connectivity index (χ0) is 18.5. The largest absolute Gasteiger partial charge is 0.376 e. The Hall–Kier alpha value is -1.48. The third kappa shape index (κ3) is 5.03. The minimum absolute atomic E-state index is 0.0190. The maximum atomic E-state index is 12.1. The predicted molar refractivity (Wildman–Crippen MR) is 101 cm³/mol. The third-order valence-corrected chi connectivity index (χ3v) is 5.52. The van der Waals surface area contributed by atoms with E-state index in [1.54, 1.807) is 18.2 Å². The number of H-pyrrole nitrogens is 1. The molecule has 2 heterocycles. The number of hydrogen-bond donors (Lipinski definition) is 2. The Kier molecular flexibility index (Phi) is 6.63. The van der Waals surface area contributed by atoms with Gasteiger partial charge in [0.2, 0.25) is 5.91 Å². The van der Waals surface area contributed by atoms with Crippen molar-refractivity contribution >= 4 is 40.9 Å². The van der Waals surface area contributed by atoms with E-state index < -0.39 is 0 Å². The van der Waals surface area contributed by atoms with Gasteiger partial charge in [-0.3, -0.25) is 9.36 Å². The van der Waals surface area contributed by atoms with E-state index >= 15 is 0 Å². The standard InChI is InChI=1S/C16H18Cl2N4O3S/c17-11-4-3-10(13(18)6-11)7-19-14(23)9-26-16-21-20-15(24)22(16)8-12-2-1-5-25-12/h3-4,6,12H,1-2,5,7-9H2,(H,19,23)(H,20,24)/t12-/m0/s1. The third-order valence-electron chi connectivity index (χ3n) is 3.96. The Morgan fingerprint density at radius 3 is 3.04 bits per heavy atom. The molecule has 0 saturated carbocycles. The maximum absolute atomic E-state index is 12.1. The Balaban J connectivity index is 1.52. The summed E-state index contributed by atoms with van der Waals surface area (Å²) in [5.74, 6) is -0.0405. The Labute approximate surface area is 164 Å². The molecule has 1 fully saturated rings. The van der Waals surface area contributed by atoms with Gasteiger partial charge < -0.3 is 10.1 Å². The van der Waals surface area contributed by atoms with Crippen LogP contribution >= 0.6 is 35.0 Å². The number of nitrogens with zero attached hydrogens (tertiary/aromatic N) is 2. The highest BCUT2D eigenvalue weighted by Gasteiger charge is 2.20. The molecule has 2 aromatic rings. The second-order valence-corrected chi connectivity index (χ2v) is 7.64. The van der Waals surface area contributed by atoms with Crippen LogP contribution in [-0.2, 0) is 22.6 Å². The lowest BCUT2D eigenvalue weighted by Crippen LogP contribution is -2.26. The second-order valence-electron chi connectivity index (χ2n) is 5.86. The van der Waals surface area contributed by atoms with Gasteiger partial charge in [-0.25, -0.2) is 9.89 Å². The average Bonchev–Trinajstić information content (AvgIpc) is 3.24. The molecule has 1 atom stereocenters.